The number of hydrogen-bond acceptors (Lipinski definition) is 4. The topological polar surface area (TPSA) is 80.8 Å². The van der Waals surface area contributed by atoms with Crippen LogP contribution in [0.25, 0.3) is 16.0 Å². The van der Waals surface area contributed by atoms with Gasteiger partial charge in [0, 0.05) is 5.56 Å². The molecule has 0 aliphatic carbocycles. The van der Waals surface area contributed by atoms with E-state index in [4.69, 9.17) is 11.6 Å². The van der Waals surface area contributed by atoms with Gasteiger partial charge in [0.15, 0.2) is 0 Å². The highest BCUT2D eigenvalue weighted by Crippen LogP contribution is 2.30. The van der Waals surface area contributed by atoms with E-state index in [1.54, 1.807) is 13.1 Å². The van der Waals surface area contributed by atoms with E-state index in [9.17, 15) is 9.90 Å². The molecule has 3 atom stereocenters. The lowest BCUT2D eigenvalue weighted by Gasteiger charge is -2.22. The van der Waals surface area contributed by atoms with Gasteiger partial charge >= 0.3 is 0 Å². The molecule has 1 aliphatic rings. The van der Waals surface area contributed by atoms with Crippen LogP contribution in [0.3, 0.4) is 0 Å². The number of aliphatic hydroxyl groups is 1. The second-order valence-electron chi connectivity index (χ2n) is 5.35. The highest BCUT2D eigenvalue weighted by atomic mass is 35.5. The van der Waals surface area contributed by atoms with Crippen LogP contribution >= 0.6 is 22.9 Å². The van der Waals surface area contributed by atoms with Gasteiger partial charge in [-0.25, -0.2) is 4.98 Å². The Morgan fingerprint density at radius 2 is 2.26 bits per heavy atom. The molecule has 1 aliphatic heterocycles. The Bertz CT molecular complexity index is 708. The fraction of sp³-hybridized carbons (Fsp3) is 0.333. The third kappa shape index (κ3) is 3.54. The monoisotopic (exact) mass is 352 g/mol. The first kappa shape index (κ1) is 16.4. The van der Waals surface area contributed by atoms with Crippen LogP contribution in [0.2, 0.25) is 5.02 Å². The summed E-state index contributed by atoms with van der Waals surface area (Å²) in [7, 11) is 1.70. The van der Waals surface area contributed by atoms with E-state index < -0.39 is 6.10 Å². The van der Waals surface area contributed by atoms with Crippen molar-refractivity contribution in [3.63, 3.8) is 0 Å². The second kappa shape index (κ2) is 6.94. The average Bonchev–Trinajstić information content (AvgIpc) is 3.15. The molecule has 0 radical (unpaired) electrons. The molecule has 1 saturated heterocycles. The van der Waals surface area contributed by atoms with Crippen molar-refractivity contribution in [2.75, 3.05) is 20.1 Å². The van der Waals surface area contributed by atoms with Crippen molar-refractivity contribution in [3.8, 4) is 10.6 Å². The number of aliphatic hydroxyl groups excluding tert-OH is 1. The molecule has 122 valence electrons. The number of thiazole rings is 1. The summed E-state index contributed by atoms with van der Waals surface area (Å²) in [6.07, 6.45) is 0.947. The minimum Gasteiger partial charge on any atom is -0.457 e. The molecule has 1 aromatic heterocycles. The maximum atomic E-state index is 12.3. The molecule has 23 heavy (non-hydrogen) atoms. The number of carbonyl (C=O) groups is 1. The maximum Gasteiger partial charge on any atom is 0.263 e. The molecule has 1 aromatic carbocycles. The summed E-state index contributed by atoms with van der Waals surface area (Å²) in [6.45, 7) is 1.09. The minimum absolute atomic E-state index is 0.234. The van der Waals surface area contributed by atoms with Crippen molar-refractivity contribution in [2.45, 2.75) is 12.1 Å². The molecule has 1 fully saturated rings. The summed E-state index contributed by atoms with van der Waals surface area (Å²) in [5.74, 6) is -0.234. The summed E-state index contributed by atoms with van der Waals surface area (Å²) in [4.78, 5) is 17.1. The van der Waals surface area contributed by atoms with Crippen LogP contribution in [0.4, 0.5) is 0 Å². The van der Waals surface area contributed by atoms with Crippen LogP contribution in [0.1, 0.15) is 9.67 Å². The van der Waals surface area contributed by atoms with Crippen molar-refractivity contribution in [2.24, 2.45) is 0 Å². The van der Waals surface area contributed by atoms with Gasteiger partial charge in [0.2, 0.25) is 0 Å². The molecule has 6 nitrogen and oxygen atoms in total. The van der Waals surface area contributed by atoms with Crippen molar-refractivity contribution in [1.29, 1.82) is 0 Å². The lowest BCUT2D eigenvalue weighted by atomic mass is 10.2. The van der Waals surface area contributed by atoms with Gasteiger partial charge in [-0.3, -0.25) is 4.79 Å². The number of quaternary nitrogens is 1. The van der Waals surface area contributed by atoms with Gasteiger partial charge in [0.25, 0.3) is 5.91 Å². The van der Waals surface area contributed by atoms with Gasteiger partial charge in [-0.2, -0.15) is 0 Å². The quantitative estimate of drug-likeness (QED) is 0.759. The first-order valence-corrected chi connectivity index (χ1v) is 8.42. The molecular weight excluding hydrogens is 336 g/mol. The van der Waals surface area contributed by atoms with Crippen molar-refractivity contribution in [1.82, 2.24) is 10.3 Å². The molecule has 3 rings (SSSR count). The number of nitrogens with one attached hydrogen (secondary N) is 2. The fourth-order valence-electron chi connectivity index (χ4n) is 2.56. The van der Waals surface area contributed by atoms with E-state index in [1.165, 1.54) is 17.5 Å². The van der Waals surface area contributed by atoms with Crippen LogP contribution < -0.4 is 10.3 Å². The molecule has 0 spiro atoms. The molecule has 8 heteroatoms. The zero-order valence-corrected chi connectivity index (χ0v) is 14.1. The lowest BCUT2D eigenvalue weighted by molar-refractivity contribution is -0.849. The van der Waals surface area contributed by atoms with Crippen molar-refractivity contribution >= 4 is 28.8 Å². The van der Waals surface area contributed by atoms with Gasteiger partial charge in [-0.05, 0) is 6.07 Å². The molecule has 1 unspecified atom stereocenters. The minimum atomic E-state index is -0.589. The van der Waals surface area contributed by atoms with Crippen LogP contribution in [0.5, 0.6) is 0 Å². The molecular formula is C15H17ClN4O2S. The Kier molecular flexibility index (Phi) is 4.93. The average molecular weight is 353 g/mol. The smallest absolute Gasteiger partial charge is 0.263 e. The summed E-state index contributed by atoms with van der Waals surface area (Å²) >= 11 is 7.44. The Hall–Kier alpha value is -1.51. The van der Waals surface area contributed by atoms with E-state index >= 15 is 0 Å². The standard InChI is InChI=1S/C15H17ClN4O2S/c1-17-20-7-11(12(21)8-20)19-14(22)13-6-18-15(23-13)9-4-2-3-5-10(9)16/h2-6,11-12,20-21H,7-8H2,1H3,(H,19,22)/t11-,12-/m0/s1. The zero-order valence-electron chi connectivity index (χ0n) is 12.5. The van der Waals surface area contributed by atoms with E-state index in [2.05, 4.69) is 15.7 Å². The predicted octanol–water partition coefficient (Wildman–Crippen LogP) is 0.740. The summed E-state index contributed by atoms with van der Waals surface area (Å²) in [6, 6.07) is 7.09. The highest BCUT2D eigenvalue weighted by Gasteiger charge is 2.33. The van der Waals surface area contributed by atoms with E-state index in [0.717, 1.165) is 10.6 Å². The van der Waals surface area contributed by atoms with Gasteiger partial charge in [-0.15, -0.1) is 18.4 Å². The maximum absolute atomic E-state index is 12.3. The highest BCUT2D eigenvalue weighted by molar-refractivity contribution is 7.17. The number of halogens is 1. The first-order valence-electron chi connectivity index (χ1n) is 7.22. The Morgan fingerprint density at radius 3 is 2.96 bits per heavy atom. The van der Waals surface area contributed by atoms with Crippen LogP contribution in [-0.4, -0.2) is 48.3 Å². The molecule has 1 amide bonds. The fourth-order valence-corrected chi connectivity index (χ4v) is 3.70. The number of rotatable bonds is 4. The van der Waals surface area contributed by atoms with Gasteiger partial charge < -0.3 is 20.9 Å². The number of aromatic nitrogens is 1. The number of amides is 1. The van der Waals surface area contributed by atoms with E-state index in [0.29, 0.717) is 28.0 Å². The number of hydrogen-bond donors (Lipinski definition) is 3. The Labute approximate surface area is 143 Å². The SMILES string of the molecule is C[N-][NH+]1C[C@H](NC(=O)c2cnc(-c3ccccc3Cl)s2)[C@@H](O)C1. The van der Waals surface area contributed by atoms with Gasteiger partial charge in [0.1, 0.15) is 22.0 Å². The normalized spacial score (nSPS) is 23.9. The first-order chi connectivity index (χ1) is 11.1. The third-order valence-electron chi connectivity index (χ3n) is 3.83. The van der Waals surface area contributed by atoms with E-state index in [1.807, 2.05) is 18.2 Å². The molecule has 3 N–H and O–H groups in total. The zero-order chi connectivity index (χ0) is 16.4. The molecule has 2 heterocycles. The Morgan fingerprint density at radius 1 is 1.48 bits per heavy atom. The summed E-state index contributed by atoms with van der Waals surface area (Å²) in [5.41, 5.74) is 4.91. The summed E-state index contributed by atoms with van der Waals surface area (Å²) < 4.78 is 0. The third-order valence-corrected chi connectivity index (χ3v) is 5.19. The van der Waals surface area contributed by atoms with Crippen molar-refractivity contribution in [3.05, 3.63) is 45.8 Å². The largest absolute Gasteiger partial charge is 0.457 e. The number of nitrogens with zero attached hydrogens (tertiary/aromatic N) is 2. The summed E-state index contributed by atoms with van der Waals surface area (Å²) in [5, 5.41) is 15.1. The van der Waals surface area contributed by atoms with Gasteiger partial charge in [0.05, 0.1) is 24.3 Å². The van der Waals surface area contributed by atoms with Crippen LogP contribution in [-0.2, 0) is 0 Å². The number of carbonyl (C=O) groups excluding carboxylic acids is 1. The number of benzene rings is 1. The predicted molar refractivity (Wildman–Crippen MR) is 89.8 cm³/mol. The van der Waals surface area contributed by atoms with Crippen LogP contribution in [0.15, 0.2) is 30.5 Å². The van der Waals surface area contributed by atoms with E-state index in [-0.39, 0.29) is 11.9 Å². The van der Waals surface area contributed by atoms with Crippen molar-refractivity contribution < 1.29 is 14.9 Å². The molecule has 0 bridgehead atoms. The van der Waals surface area contributed by atoms with Gasteiger partial charge in [-0.1, -0.05) is 29.8 Å². The molecule has 0 saturated carbocycles. The molecule has 2 aromatic rings. The second-order valence-corrected chi connectivity index (χ2v) is 6.79. The lowest BCUT2D eigenvalue weighted by Crippen LogP contribution is -3.06. The van der Waals surface area contributed by atoms with Crippen LogP contribution in [0, 0.1) is 0 Å². The Balaban J connectivity index is 1.71.